The minimum Gasteiger partial charge on any atom is -0.381 e. The topological polar surface area (TPSA) is 48.7 Å². The molecule has 0 aliphatic carbocycles. The van der Waals surface area contributed by atoms with Crippen LogP contribution in [0.15, 0.2) is 30.5 Å². The molecule has 1 heterocycles. The molecule has 0 unspecified atom stereocenters. The fraction of sp³-hybridized carbons (Fsp3) is 0.273. The van der Waals surface area contributed by atoms with Crippen LogP contribution in [0, 0.1) is 11.3 Å². The van der Waals surface area contributed by atoms with Gasteiger partial charge < -0.3 is 5.32 Å². The molecule has 0 fully saturated rings. The molecule has 0 aliphatic heterocycles. The quantitative estimate of drug-likeness (QED) is 0.736. The summed E-state index contributed by atoms with van der Waals surface area (Å²) in [5.74, 6) is 0. The molecule has 0 saturated carbocycles. The average molecular weight is 187 g/mol. The Morgan fingerprint density at radius 2 is 2.43 bits per heavy atom. The van der Waals surface area contributed by atoms with Crippen LogP contribution >= 0.6 is 0 Å². The molecule has 1 aromatic heterocycles. The highest BCUT2D eigenvalue weighted by Crippen LogP contribution is 2.06. The van der Waals surface area contributed by atoms with Gasteiger partial charge in [0.15, 0.2) is 0 Å². The minimum absolute atomic E-state index is 0.439. The summed E-state index contributed by atoms with van der Waals surface area (Å²) in [5.41, 5.74) is 1.37. The van der Waals surface area contributed by atoms with Crippen molar-refractivity contribution < 1.29 is 0 Å². The van der Waals surface area contributed by atoms with Gasteiger partial charge >= 0.3 is 0 Å². The number of anilines is 1. The molecule has 0 saturated heterocycles. The Hall–Kier alpha value is -1.82. The van der Waals surface area contributed by atoms with Crippen LogP contribution in [0.5, 0.6) is 0 Å². The van der Waals surface area contributed by atoms with Crippen LogP contribution in [0.1, 0.15) is 19.0 Å². The van der Waals surface area contributed by atoms with Crippen molar-refractivity contribution in [1.82, 2.24) is 4.98 Å². The normalized spacial score (nSPS) is 10.0. The summed E-state index contributed by atoms with van der Waals surface area (Å²) in [6.07, 6.45) is 6.83. The van der Waals surface area contributed by atoms with E-state index >= 15 is 0 Å². The Labute approximate surface area is 84.1 Å². The van der Waals surface area contributed by atoms with E-state index in [9.17, 15) is 0 Å². The highest BCUT2D eigenvalue weighted by Gasteiger charge is 1.93. The van der Waals surface area contributed by atoms with E-state index in [0.29, 0.717) is 5.69 Å². The number of nitriles is 1. The second-order valence-electron chi connectivity index (χ2n) is 2.80. The SMILES string of the molecule is CC/C=C/CNc1ccnc(C#N)c1. The number of pyridine rings is 1. The van der Waals surface area contributed by atoms with Crippen LogP contribution in [0.4, 0.5) is 5.69 Å². The van der Waals surface area contributed by atoms with Gasteiger partial charge in [-0.2, -0.15) is 5.26 Å². The smallest absolute Gasteiger partial charge is 0.142 e. The van der Waals surface area contributed by atoms with Gasteiger partial charge in [0.25, 0.3) is 0 Å². The maximum absolute atomic E-state index is 8.62. The predicted molar refractivity (Wildman–Crippen MR) is 56.9 cm³/mol. The van der Waals surface area contributed by atoms with Gasteiger partial charge in [0.05, 0.1) is 0 Å². The molecule has 0 spiro atoms. The van der Waals surface area contributed by atoms with Crippen LogP contribution in [0.3, 0.4) is 0 Å². The Morgan fingerprint density at radius 3 is 3.14 bits per heavy atom. The number of rotatable bonds is 4. The lowest BCUT2D eigenvalue weighted by atomic mass is 10.3. The summed E-state index contributed by atoms with van der Waals surface area (Å²) in [6.45, 7) is 2.87. The van der Waals surface area contributed by atoms with Crippen LogP contribution in [-0.2, 0) is 0 Å². The second kappa shape index (κ2) is 5.76. The van der Waals surface area contributed by atoms with E-state index in [4.69, 9.17) is 5.26 Å². The zero-order valence-corrected chi connectivity index (χ0v) is 8.20. The van der Waals surface area contributed by atoms with E-state index in [1.165, 1.54) is 0 Å². The van der Waals surface area contributed by atoms with E-state index in [1.807, 2.05) is 12.1 Å². The number of nitrogens with zero attached hydrogens (tertiary/aromatic N) is 2. The molecule has 0 radical (unpaired) electrons. The van der Waals surface area contributed by atoms with Crippen LogP contribution in [0.2, 0.25) is 0 Å². The lowest BCUT2D eigenvalue weighted by Crippen LogP contribution is -1.98. The number of hydrogen-bond acceptors (Lipinski definition) is 3. The molecule has 14 heavy (non-hydrogen) atoms. The van der Waals surface area contributed by atoms with Crippen molar-refractivity contribution in [2.45, 2.75) is 13.3 Å². The third kappa shape index (κ3) is 3.28. The molecule has 0 aliphatic rings. The fourth-order valence-electron chi connectivity index (χ4n) is 1.03. The summed E-state index contributed by atoms with van der Waals surface area (Å²) >= 11 is 0. The molecular formula is C11H13N3. The Bertz CT molecular complexity index is 350. The van der Waals surface area contributed by atoms with Crippen molar-refractivity contribution in [3.63, 3.8) is 0 Å². The largest absolute Gasteiger partial charge is 0.381 e. The summed E-state index contributed by atoms with van der Waals surface area (Å²) in [6, 6.07) is 5.58. The van der Waals surface area contributed by atoms with Crippen LogP contribution in [0.25, 0.3) is 0 Å². The van der Waals surface area contributed by atoms with E-state index in [1.54, 1.807) is 12.3 Å². The van der Waals surface area contributed by atoms with Crippen molar-refractivity contribution in [3.05, 3.63) is 36.2 Å². The summed E-state index contributed by atoms with van der Waals surface area (Å²) < 4.78 is 0. The van der Waals surface area contributed by atoms with Crippen LogP contribution in [-0.4, -0.2) is 11.5 Å². The number of aromatic nitrogens is 1. The van der Waals surface area contributed by atoms with Crippen molar-refractivity contribution in [1.29, 1.82) is 5.26 Å². The highest BCUT2D eigenvalue weighted by atomic mass is 14.9. The molecular weight excluding hydrogens is 174 g/mol. The summed E-state index contributed by atoms with van der Waals surface area (Å²) in [5, 5.41) is 11.8. The molecule has 0 aromatic carbocycles. The molecule has 3 heteroatoms. The van der Waals surface area contributed by atoms with Crippen LogP contribution < -0.4 is 5.32 Å². The zero-order chi connectivity index (χ0) is 10.2. The minimum atomic E-state index is 0.439. The fourth-order valence-corrected chi connectivity index (χ4v) is 1.03. The molecule has 0 bridgehead atoms. The van der Waals surface area contributed by atoms with Gasteiger partial charge in [0.2, 0.25) is 0 Å². The first-order valence-corrected chi connectivity index (χ1v) is 4.62. The third-order valence-corrected chi connectivity index (χ3v) is 1.70. The van der Waals surface area contributed by atoms with Gasteiger partial charge in [-0.05, 0) is 18.6 Å². The van der Waals surface area contributed by atoms with Gasteiger partial charge in [-0.1, -0.05) is 19.1 Å². The summed E-state index contributed by atoms with van der Waals surface area (Å²) in [4.78, 5) is 3.88. The highest BCUT2D eigenvalue weighted by molar-refractivity contribution is 5.46. The van der Waals surface area contributed by atoms with E-state index in [0.717, 1.165) is 18.7 Å². The van der Waals surface area contributed by atoms with Crippen molar-refractivity contribution in [2.24, 2.45) is 0 Å². The Balaban J connectivity index is 2.51. The predicted octanol–water partition coefficient (Wildman–Crippen LogP) is 2.33. The number of hydrogen-bond donors (Lipinski definition) is 1. The zero-order valence-electron chi connectivity index (χ0n) is 8.20. The maximum Gasteiger partial charge on any atom is 0.142 e. The van der Waals surface area contributed by atoms with E-state index in [2.05, 4.69) is 29.4 Å². The Kier molecular flexibility index (Phi) is 4.22. The van der Waals surface area contributed by atoms with Crippen molar-refractivity contribution >= 4 is 5.69 Å². The third-order valence-electron chi connectivity index (χ3n) is 1.70. The Morgan fingerprint density at radius 1 is 1.57 bits per heavy atom. The first-order chi connectivity index (χ1) is 6.86. The monoisotopic (exact) mass is 187 g/mol. The first kappa shape index (κ1) is 10.3. The number of allylic oxidation sites excluding steroid dienone is 1. The average Bonchev–Trinajstić information content (AvgIpc) is 2.25. The lowest BCUT2D eigenvalue weighted by Gasteiger charge is -2.01. The molecule has 0 amide bonds. The molecule has 1 aromatic rings. The van der Waals surface area contributed by atoms with Gasteiger partial charge in [-0.3, -0.25) is 0 Å². The van der Waals surface area contributed by atoms with E-state index < -0.39 is 0 Å². The van der Waals surface area contributed by atoms with Crippen molar-refractivity contribution in [3.8, 4) is 6.07 Å². The van der Waals surface area contributed by atoms with Gasteiger partial charge in [-0.15, -0.1) is 0 Å². The van der Waals surface area contributed by atoms with Crippen molar-refractivity contribution in [2.75, 3.05) is 11.9 Å². The summed E-state index contributed by atoms with van der Waals surface area (Å²) in [7, 11) is 0. The van der Waals surface area contributed by atoms with Gasteiger partial charge in [0, 0.05) is 18.4 Å². The standard InChI is InChI=1S/C11H13N3/c1-2-3-4-6-13-10-5-7-14-11(8-10)9-12/h3-5,7-8H,2,6H2,1H3,(H,13,14)/b4-3+. The van der Waals surface area contributed by atoms with Gasteiger partial charge in [-0.25, -0.2) is 4.98 Å². The molecule has 1 rings (SSSR count). The number of nitrogens with one attached hydrogen (secondary N) is 1. The molecule has 72 valence electrons. The molecule has 0 atom stereocenters. The van der Waals surface area contributed by atoms with Gasteiger partial charge in [0.1, 0.15) is 11.8 Å². The maximum atomic E-state index is 8.62. The first-order valence-electron chi connectivity index (χ1n) is 4.62. The molecule has 3 nitrogen and oxygen atoms in total. The second-order valence-corrected chi connectivity index (χ2v) is 2.80. The molecule has 1 N–H and O–H groups in total. The van der Waals surface area contributed by atoms with E-state index in [-0.39, 0.29) is 0 Å². The lowest BCUT2D eigenvalue weighted by molar-refractivity contribution is 1.19.